The van der Waals surface area contributed by atoms with E-state index >= 15 is 0 Å². The summed E-state index contributed by atoms with van der Waals surface area (Å²) in [7, 11) is 4.24. The quantitative estimate of drug-likeness (QED) is 0.671. The van der Waals surface area contributed by atoms with Crippen LogP contribution < -0.4 is 0 Å². The first-order chi connectivity index (χ1) is 6.20. The Hall–Kier alpha value is 0.0500. The molecule has 0 spiro atoms. The van der Waals surface area contributed by atoms with Gasteiger partial charge in [-0.1, -0.05) is 19.9 Å². The van der Waals surface area contributed by atoms with Crippen molar-refractivity contribution in [3.05, 3.63) is 11.0 Å². The zero-order valence-corrected chi connectivity index (χ0v) is 10.9. The molecule has 0 radical (unpaired) electrons. The van der Waals surface area contributed by atoms with Gasteiger partial charge in [-0.3, -0.25) is 0 Å². The molecule has 0 aliphatic heterocycles. The van der Waals surface area contributed by atoms with Gasteiger partial charge in [0, 0.05) is 0 Å². The van der Waals surface area contributed by atoms with E-state index < -0.39 is 0 Å². The highest BCUT2D eigenvalue weighted by molar-refractivity contribution is 8.02. The Labute approximate surface area is 88.6 Å². The van der Waals surface area contributed by atoms with Crippen molar-refractivity contribution in [1.82, 2.24) is 4.90 Å². The number of nitrogens with zero attached hydrogens (tertiary/aromatic N) is 1. The first-order valence-electron chi connectivity index (χ1n) is 5.04. The van der Waals surface area contributed by atoms with Crippen LogP contribution in [-0.4, -0.2) is 31.8 Å². The molecule has 0 aliphatic rings. The lowest BCUT2D eigenvalue weighted by Crippen LogP contribution is -2.12. The minimum absolute atomic E-state index is 1.19. The van der Waals surface area contributed by atoms with Crippen LogP contribution in [-0.2, 0) is 0 Å². The Balaban J connectivity index is 0. The van der Waals surface area contributed by atoms with E-state index in [1.807, 2.05) is 25.6 Å². The molecular formula is C11H25NS. The molecule has 0 aromatic rings. The molecule has 0 fully saturated rings. The second-order valence-corrected chi connectivity index (χ2v) is 3.80. The largest absolute Gasteiger partial charge is 0.309 e. The van der Waals surface area contributed by atoms with Gasteiger partial charge in [0.05, 0.1) is 0 Å². The van der Waals surface area contributed by atoms with E-state index in [2.05, 4.69) is 38.3 Å². The summed E-state index contributed by atoms with van der Waals surface area (Å²) in [4.78, 5) is 3.74. The molecule has 2 heteroatoms. The SMILES string of the molecule is C/C=C(/CCCN(C)C)SC.CC. The molecule has 0 aliphatic carbocycles. The first-order valence-corrected chi connectivity index (χ1v) is 6.27. The topological polar surface area (TPSA) is 3.24 Å². The van der Waals surface area contributed by atoms with Crippen LogP contribution in [0.4, 0.5) is 0 Å². The molecule has 0 N–H and O–H groups in total. The molecule has 0 bridgehead atoms. The van der Waals surface area contributed by atoms with Crippen molar-refractivity contribution in [3.63, 3.8) is 0 Å². The summed E-state index contributed by atoms with van der Waals surface area (Å²) < 4.78 is 0. The van der Waals surface area contributed by atoms with Gasteiger partial charge in [0.1, 0.15) is 0 Å². The number of thioether (sulfide) groups is 1. The molecular weight excluding hydrogens is 178 g/mol. The molecule has 0 aromatic heterocycles. The van der Waals surface area contributed by atoms with E-state index in [1.54, 1.807) is 0 Å². The van der Waals surface area contributed by atoms with Crippen molar-refractivity contribution in [2.45, 2.75) is 33.6 Å². The lowest BCUT2D eigenvalue weighted by atomic mass is 10.3. The van der Waals surface area contributed by atoms with Gasteiger partial charge in [0.2, 0.25) is 0 Å². The number of hydrogen-bond acceptors (Lipinski definition) is 2. The molecule has 0 rings (SSSR count). The van der Waals surface area contributed by atoms with Crippen molar-refractivity contribution in [1.29, 1.82) is 0 Å². The molecule has 0 atom stereocenters. The molecule has 13 heavy (non-hydrogen) atoms. The van der Waals surface area contributed by atoms with Crippen LogP contribution in [0, 0.1) is 0 Å². The Morgan fingerprint density at radius 2 is 1.85 bits per heavy atom. The number of allylic oxidation sites excluding steroid dienone is 2. The highest BCUT2D eigenvalue weighted by atomic mass is 32.2. The van der Waals surface area contributed by atoms with Crippen LogP contribution in [0.2, 0.25) is 0 Å². The van der Waals surface area contributed by atoms with Crippen LogP contribution in [0.1, 0.15) is 33.6 Å². The van der Waals surface area contributed by atoms with Crippen LogP contribution in [0.15, 0.2) is 11.0 Å². The fourth-order valence-corrected chi connectivity index (χ4v) is 1.52. The lowest BCUT2D eigenvalue weighted by Gasteiger charge is -2.09. The Bertz CT molecular complexity index is 119. The molecule has 0 saturated carbocycles. The van der Waals surface area contributed by atoms with Gasteiger partial charge in [0.15, 0.2) is 0 Å². The van der Waals surface area contributed by atoms with Gasteiger partial charge in [-0.05, 0) is 51.6 Å². The van der Waals surface area contributed by atoms with Crippen molar-refractivity contribution >= 4 is 11.8 Å². The second-order valence-electron chi connectivity index (χ2n) is 2.87. The Morgan fingerprint density at radius 1 is 1.31 bits per heavy atom. The molecule has 0 heterocycles. The average molecular weight is 203 g/mol. The zero-order valence-electron chi connectivity index (χ0n) is 10.1. The van der Waals surface area contributed by atoms with Crippen LogP contribution >= 0.6 is 11.8 Å². The molecule has 0 saturated heterocycles. The Morgan fingerprint density at radius 3 is 2.15 bits per heavy atom. The maximum Gasteiger partial charge on any atom is -0.00215 e. The summed E-state index contributed by atoms with van der Waals surface area (Å²) in [6.45, 7) is 7.30. The van der Waals surface area contributed by atoms with Crippen LogP contribution in [0.25, 0.3) is 0 Å². The van der Waals surface area contributed by atoms with Gasteiger partial charge in [0.25, 0.3) is 0 Å². The third-order valence-electron chi connectivity index (χ3n) is 1.61. The maximum absolute atomic E-state index is 2.23. The van der Waals surface area contributed by atoms with Gasteiger partial charge >= 0.3 is 0 Å². The van der Waals surface area contributed by atoms with Crippen molar-refractivity contribution in [3.8, 4) is 0 Å². The van der Waals surface area contributed by atoms with E-state index in [4.69, 9.17) is 0 Å². The molecule has 0 unspecified atom stereocenters. The molecule has 0 aromatic carbocycles. The van der Waals surface area contributed by atoms with Crippen LogP contribution in [0.3, 0.4) is 0 Å². The van der Waals surface area contributed by atoms with E-state index in [9.17, 15) is 0 Å². The summed E-state index contributed by atoms with van der Waals surface area (Å²) in [5.41, 5.74) is 0. The summed E-state index contributed by atoms with van der Waals surface area (Å²) in [5.74, 6) is 0. The normalized spacial score (nSPS) is 11.2. The summed E-state index contributed by atoms with van der Waals surface area (Å²) in [5, 5.41) is 0. The summed E-state index contributed by atoms with van der Waals surface area (Å²) >= 11 is 1.86. The predicted octanol–water partition coefficient (Wildman–Crippen LogP) is 3.62. The number of hydrogen-bond donors (Lipinski definition) is 0. The molecule has 1 nitrogen and oxygen atoms in total. The lowest BCUT2D eigenvalue weighted by molar-refractivity contribution is 0.401. The van der Waals surface area contributed by atoms with Crippen molar-refractivity contribution in [2.24, 2.45) is 0 Å². The third kappa shape index (κ3) is 12.1. The van der Waals surface area contributed by atoms with Crippen molar-refractivity contribution in [2.75, 3.05) is 26.9 Å². The first kappa shape index (κ1) is 15.5. The minimum atomic E-state index is 1.19. The second kappa shape index (κ2) is 12.0. The van der Waals surface area contributed by atoms with E-state index in [-0.39, 0.29) is 0 Å². The third-order valence-corrected chi connectivity index (χ3v) is 2.58. The van der Waals surface area contributed by atoms with E-state index in [0.29, 0.717) is 0 Å². The molecule has 0 amide bonds. The predicted molar refractivity (Wildman–Crippen MR) is 66.4 cm³/mol. The van der Waals surface area contributed by atoms with Gasteiger partial charge < -0.3 is 4.90 Å². The summed E-state index contributed by atoms with van der Waals surface area (Å²) in [6.07, 6.45) is 6.86. The van der Waals surface area contributed by atoms with Gasteiger partial charge in [-0.15, -0.1) is 11.8 Å². The monoisotopic (exact) mass is 203 g/mol. The van der Waals surface area contributed by atoms with Crippen LogP contribution in [0.5, 0.6) is 0 Å². The maximum atomic E-state index is 2.23. The standard InChI is InChI=1S/C9H19NS.C2H6/c1-5-9(11-4)7-6-8-10(2)3;1-2/h5H,6-8H2,1-4H3;1-2H3/b9-5-;. The minimum Gasteiger partial charge on any atom is -0.309 e. The molecule has 80 valence electrons. The fourth-order valence-electron chi connectivity index (χ4n) is 0.934. The Kier molecular flexibility index (Phi) is 14.4. The van der Waals surface area contributed by atoms with E-state index in [1.165, 1.54) is 24.3 Å². The number of rotatable bonds is 5. The highest BCUT2D eigenvalue weighted by Gasteiger charge is 1.94. The van der Waals surface area contributed by atoms with Gasteiger partial charge in [-0.25, -0.2) is 0 Å². The highest BCUT2D eigenvalue weighted by Crippen LogP contribution is 2.16. The smallest absolute Gasteiger partial charge is 0.00215 e. The average Bonchev–Trinajstić information content (AvgIpc) is 2.15. The zero-order chi connectivity index (χ0) is 10.7. The van der Waals surface area contributed by atoms with E-state index in [0.717, 1.165) is 0 Å². The fraction of sp³-hybridized carbons (Fsp3) is 0.818. The summed E-state index contributed by atoms with van der Waals surface area (Å²) in [6, 6.07) is 0. The van der Waals surface area contributed by atoms with Gasteiger partial charge in [-0.2, -0.15) is 0 Å². The van der Waals surface area contributed by atoms with Crippen molar-refractivity contribution < 1.29 is 0 Å².